The Labute approximate surface area is 90.3 Å². The molecule has 0 amide bonds. The van der Waals surface area contributed by atoms with Crippen molar-refractivity contribution in [2.75, 3.05) is 0 Å². The standard InChI is InChI=1S/C13H16O2/c1-8(2)10-4-5-13-11(7-10)12(14)6-9(3)15-13/h4-5,7-9H,6H2,1-3H3/t9-/m0/s1. The van der Waals surface area contributed by atoms with E-state index in [1.54, 1.807) is 0 Å². The van der Waals surface area contributed by atoms with E-state index >= 15 is 0 Å². The Morgan fingerprint density at radius 1 is 1.40 bits per heavy atom. The average molecular weight is 204 g/mol. The number of hydrogen-bond acceptors (Lipinski definition) is 2. The number of fused-ring (bicyclic) bond motifs is 1. The Kier molecular flexibility index (Phi) is 2.51. The van der Waals surface area contributed by atoms with Gasteiger partial charge in [0.25, 0.3) is 0 Å². The second-order valence-corrected chi connectivity index (χ2v) is 4.47. The fraction of sp³-hybridized carbons (Fsp3) is 0.462. The Morgan fingerprint density at radius 3 is 2.80 bits per heavy atom. The highest BCUT2D eigenvalue weighted by molar-refractivity contribution is 6.00. The van der Waals surface area contributed by atoms with Crippen LogP contribution in [0.1, 0.15) is 49.0 Å². The highest BCUT2D eigenvalue weighted by Gasteiger charge is 2.23. The highest BCUT2D eigenvalue weighted by atomic mass is 16.5. The van der Waals surface area contributed by atoms with Crippen molar-refractivity contribution in [2.45, 2.75) is 39.2 Å². The number of carbonyl (C=O) groups excluding carboxylic acids is 1. The summed E-state index contributed by atoms with van der Waals surface area (Å²) < 4.78 is 5.62. The molecular formula is C13H16O2. The van der Waals surface area contributed by atoms with Crippen molar-refractivity contribution in [2.24, 2.45) is 0 Å². The summed E-state index contributed by atoms with van der Waals surface area (Å²) in [4.78, 5) is 11.8. The largest absolute Gasteiger partial charge is 0.489 e. The number of hydrogen-bond donors (Lipinski definition) is 0. The van der Waals surface area contributed by atoms with Gasteiger partial charge in [-0.2, -0.15) is 0 Å². The summed E-state index contributed by atoms with van der Waals surface area (Å²) in [5.41, 5.74) is 1.94. The number of benzene rings is 1. The van der Waals surface area contributed by atoms with Gasteiger partial charge in [-0.05, 0) is 30.5 Å². The van der Waals surface area contributed by atoms with Crippen LogP contribution in [0, 0.1) is 0 Å². The lowest BCUT2D eigenvalue weighted by atomic mass is 9.95. The van der Waals surface area contributed by atoms with E-state index in [2.05, 4.69) is 13.8 Å². The molecule has 2 rings (SSSR count). The number of ether oxygens (including phenoxy) is 1. The molecule has 1 aromatic rings. The van der Waals surface area contributed by atoms with Crippen LogP contribution < -0.4 is 4.74 Å². The molecule has 2 heteroatoms. The minimum absolute atomic E-state index is 0.00917. The molecule has 0 saturated carbocycles. The molecule has 1 aromatic carbocycles. The van der Waals surface area contributed by atoms with Crippen molar-refractivity contribution in [1.82, 2.24) is 0 Å². The average Bonchev–Trinajstić information content (AvgIpc) is 2.16. The third-order valence-corrected chi connectivity index (χ3v) is 2.77. The van der Waals surface area contributed by atoms with E-state index in [0.29, 0.717) is 12.3 Å². The Morgan fingerprint density at radius 2 is 2.13 bits per heavy atom. The van der Waals surface area contributed by atoms with Crippen LogP contribution in [-0.4, -0.2) is 11.9 Å². The molecule has 15 heavy (non-hydrogen) atoms. The Bertz CT molecular complexity index is 394. The minimum atomic E-state index is 0.00917. The lowest BCUT2D eigenvalue weighted by Crippen LogP contribution is -2.24. The van der Waals surface area contributed by atoms with Gasteiger partial charge < -0.3 is 4.74 Å². The highest BCUT2D eigenvalue weighted by Crippen LogP contribution is 2.30. The molecule has 0 aromatic heterocycles. The van der Waals surface area contributed by atoms with Gasteiger partial charge in [-0.25, -0.2) is 0 Å². The predicted octanol–water partition coefficient (Wildman–Crippen LogP) is 3.16. The zero-order valence-electron chi connectivity index (χ0n) is 9.41. The Hall–Kier alpha value is -1.31. The van der Waals surface area contributed by atoms with Crippen molar-refractivity contribution < 1.29 is 9.53 Å². The van der Waals surface area contributed by atoms with Crippen LogP contribution in [-0.2, 0) is 0 Å². The van der Waals surface area contributed by atoms with E-state index in [1.807, 2.05) is 25.1 Å². The minimum Gasteiger partial charge on any atom is -0.489 e. The molecule has 0 N–H and O–H groups in total. The number of Topliss-reactive ketones (excluding diaryl/α,β-unsaturated/α-hetero) is 1. The van der Waals surface area contributed by atoms with Crippen LogP contribution in [0.2, 0.25) is 0 Å². The van der Waals surface area contributed by atoms with Gasteiger partial charge in [0.2, 0.25) is 0 Å². The molecular weight excluding hydrogens is 188 g/mol. The summed E-state index contributed by atoms with van der Waals surface area (Å²) in [6.45, 7) is 6.17. The third-order valence-electron chi connectivity index (χ3n) is 2.77. The summed E-state index contributed by atoms with van der Waals surface area (Å²) in [6, 6.07) is 5.92. The van der Waals surface area contributed by atoms with E-state index < -0.39 is 0 Å². The number of ketones is 1. The summed E-state index contributed by atoms with van der Waals surface area (Å²) in [5.74, 6) is 1.39. The van der Waals surface area contributed by atoms with Crippen LogP contribution >= 0.6 is 0 Å². The fourth-order valence-electron chi connectivity index (χ4n) is 1.86. The second-order valence-electron chi connectivity index (χ2n) is 4.47. The maximum Gasteiger partial charge on any atom is 0.170 e. The van der Waals surface area contributed by atoms with Gasteiger partial charge in [0.1, 0.15) is 11.9 Å². The summed E-state index contributed by atoms with van der Waals surface area (Å²) in [5, 5.41) is 0. The zero-order chi connectivity index (χ0) is 11.0. The normalized spacial score (nSPS) is 20.0. The van der Waals surface area contributed by atoms with Gasteiger partial charge in [-0.1, -0.05) is 19.9 Å². The van der Waals surface area contributed by atoms with E-state index in [-0.39, 0.29) is 11.9 Å². The third kappa shape index (κ3) is 1.89. The van der Waals surface area contributed by atoms with Crippen molar-refractivity contribution in [3.05, 3.63) is 29.3 Å². The molecule has 0 bridgehead atoms. The number of rotatable bonds is 1. The van der Waals surface area contributed by atoms with Crippen LogP contribution in [0.25, 0.3) is 0 Å². The smallest absolute Gasteiger partial charge is 0.170 e. The van der Waals surface area contributed by atoms with E-state index in [0.717, 1.165) is 11.3 Å². The maximum absolute atomic E-state index is 11.8. The van der Waals surface area contributed by atoms with Crippen LogP contribution in [0.4, 0.5) is 0 Å². The summed E-state index contributed by atoms with van der Waals surface area (Å²) >= 11 is 0. The van der Waals surface area contributed by atoms with E-state index in [9.17, 15) is 4.79 Å². The van der Waals surface area contributed by atoms with Gasteiger partial charge in [0.05, 0.1) is 5.56 Å². The van der Waals surface area contributed by atoms with Crippen molar-refractivity contribution in [3.8, 4) is 5.75 Å². The van der Waals surface area contributed by atoms with Crippen molar-refractivity contribution >= 4 is 5.78 Å². The molecule has 0 fully saturated rings. The van der Waals surface area contributed by atoms with Gasteiger partial charge in [0, 0.05) is 6.42 Å². The first kappa shape index (κ1) is 10.2. The molecule has 1 atom stereocenters. The monoisotopic (exact) mass is 204 g/mol. The van der Waals surface area contributed by atoms with Gasteiger partial charge in [-0.15, -0.1) is 0 Å². The molecule has 0 unspecified atom stereocenters. The molecule has 0 radical (unpaired) electrons. The topological polar surface area (TPSA) is 26.3 Å². The molecule has 0 aliphatic carbocycles. The van der Waals surface area contributed by atoms with Crippen molar-refractivity contribution in [1.29, 1.82) is 0 Å². The summed E-state index contributed by atoms with van der Waals surface area (Å²) in [6.07, 6.45) is 0.504. The lowest BCUT2D eigenvalue weighted by molar-refractivity contribution is 0.0871. The van der Waals surface area contributed by atoms with Gasteiger partial charge in [0.15, 0.2) is 5.78 Å². The summed E-state index contributed by atoms with van der Waals surface area (Å²) in [7, 11) is 0. The lowest BCUT2D eigenvalue weighted by Gasteiger charge is -2.23. The van der Waals surface area contributed by atoms with Crippen LogP contribution in [0.3, 0.4) is 0 Å². The first-order valence-electron chi connectivity index (χ1n) is 5.41. The van der Waals surface area contributed by atoms with Crippen LogP contribution in [0.5, 0.6) is 5.75 Å². The van der Waals surface area contributed by atoms with E-state index in [4.69, 9.17) is 4.74 Å². The van der Waals surface area contributed by atoms with Gasteiger partial charge in [-0.3, -0.25) is 4.79 Å². The van der Waals surface area contributed by atoms with Crippen molar-refractivity contribution in [3.63, 3.8) is 0 Å². The van der Waals surface area contributed by atoms with E-state index in [1.165, 1.54) is 5.56 Å². The molecule has 1 aliphatic rings. The second kappa shape index (κ2) is 3.69. The molecule has 0 saturated heterocycles. The molecule has 80 valence electrons. The maximum atomic E-state index is 11.8. The fourth-order valence-corrected chi connectivity index (χ4v) is 1.86. The predicted molar refractivity (Wildman–Crippen MR) is 59.6 cm³/mol. The van der Waals surface area contributed by atoms with Gasteiger partial charge >= 0.3 is 0 Å². The molecule has 2 nitrogen and oxygen atoms in total. The number of carbonyl (C=O) groups is 1. The molecule has 1 heterocycles. The first-order chi connectivity index (χ1) is 7.08. The quantitative estimate of drug-likeness (QED) is 0.702. The molecule has 0 spiro atoms. The SMILES string of the molecule is CC(C)c1ccc2c(c1)C(=O)C[C@H](C)O2. The Balaban J connectivity index is 2.44. The zero-order valence-corrected chi connectivity index (χ0v) is 9.41. The van der Waals surface area contributed by atoms with Crippen LogP contribution in [0.15, 0.2) is 18.2 Å². The first-order valence-corrected chi connectivity index (χ1v) is 5.41. The molecule has 1 aliphatic heterocycles.